The summed E-state index contributed by atoms with van der Waals surface area (Å²) in [7, 11) is 5.79. The second-order valence-corrected chi connectivity index (χ2v) is 5.13. The van der Waals surface area contributed by atoms with Crippen molar-refractivity contribution in [1.82, 2.24) is 15.6 Å². The predicted molar refractivity (Wildman–Crippen MR) is 84.1 cm³/mol. The van der Waals surface area contributed by atoms with Crippen LogP contribution in [0.1, 0.15) is 18.4 Å². The van der Waals surface area contributed by atoms with E-state index in [9.17, 15) is 0 Å². The summed E-state index contributed by atoms with van der Waals surface area (Å²) < 4.78 is 0. The van der Waals surface area contributed by atoms with Crippen LogP contribution in [0.5, 0.6) is 0 Å². The monoisotopic (exact) mass is 273 g/mol. The number of nitrogens with one attached hydrogen (secondary N) is 2. The SMILES string of the molecule is CN=C(NCc1ccnc(N(C)C)c1)NC1CC=CC1. The molecule has 0 saturated heterocycles. The Labute approximate surface area is 120 Å². The summed E-state index contributed by atoms with van der Waals surface area (Å²) in [5.41, 5.74) is 1.19. The number of hydrogen-bond donors (Lipinski definition) is 2. The second kappa shape index (κ2) is 6.93. The first-order chi connectivity index (χ1) is 9.69. The average Bonchev–Trinajstić information content (AvgIpc) is 2.96. The van der Waals surface area contributed by atoms with Gasteiger partial charge >= 0.3 is 0 Å². The van der Waals surface area contributed by atoms with Crippen LogP contribution in [0.25, 0.3) is 0 Å². The van der Waals surface area contributed by atoms with Gasteiger partial charge in [0.1, 0.15) is 5.82 Å². The molecule has 0 amide bonds. The highest BCUT2D eigenvalue weighted by Gasteiger charge is 2.11. The molecule has 1 heterocycles. The lowest BCUT2D eigenvalue weighted by molar-refractivity contribution is 0.633. The van der Waals surface area contributed by atoms with E-state index in [-0.39, 0.29) is 0 Å². The third-order valence-electron chi connectivity index (χ3n) is 3.30. The molecule has 1 aromatic rings. The standard InChI is InChI=1S/C15H23N5/c1-16-15(19-13-6-4-5-7-13)18-11-12-8-9-17-14(10-12)20(2)3/h4-5,8-10,13H,6-7,11H2,1-3H3,(H2,16,18,19). The highest BCUT2D eigenvalue weighted by molar-refractivity contribution is 5.80. The normalized spacial score (nSPS) is 15.4. The zero-order chi connectivity index (χ0) is 14.4. The second-order valence-electron chi connectivity index (χ2n) is 5.13. The Hall–Kier alpha value is -2.04. The summed E-state index contributed by atoms with van der Waals surface area (Å²) in [5, 5.41) is 6.77. The van der Waals surface area contributed by atoms with Crippen LogP contribution in [0.3, 0.4) is 0 Å². The van der Waals surface area contributed by atoms with Crippen LogP contribution in [0.2, 0.25) is 0 Å². The van der Waals surface area contributed by atoms with Crippen molar-refractivity contribution in [2.45, 2.75) is 25.4 Å². The first kappa shape index (κ1) is 14.4. The van der Waals surface area contributed by atoms with Gasteiger partial charge in [-0.15, -0.1) is 0 Å². The van der Waals surface area contributed by atoms with E-state index in [1.165, 1.54) is 5.56 Å². The molecule has 0 unspecified atom stereocenters. The quantitative estimate of drug-likeness (QED) is 0.496. The van der Waals surface area contributed by atoms with Gasteiger partial charge in [0, 0.05) is 39.9 Å². The van der Waals surface area contributed by atoms with Gasteiger partial charge in [0.05, 0.1) is 0 Å². The molecule has 0 atom stereocenters. The summed E-state index contributed by atoms with van der Waals surface area (Å²) >= 11 is 0. The maximum absolute atomic E-state index is 4.31. The topological polar surface area (TPSA) is 52.6 Å². The Bertz CT molecular complexity index is 485. The maximum Gasteiger partial charge on any atom is 0.191 e. The molecule has 0 saturated carbocycles. The van der Waals surface area contributed by atoms with Crippen LogP contribution in [0, 0.1) is 0 Å². The maximum atomic E-state index is 4.31. The van der Waals surface area contributed by atoms with Crippen molar-refractivity contribution in [2.24, 2.45) is 4.99 Å². The molecule has 0 aromatic carbocycles. The molecule has 0 spiro atoms. The molecule has 2 N–H and O–H groups in total. The summed E-state index contributed by atoms with van der Waals surface area (Å²) in [4.78, 5) is 10.6. The Balaban J connectivity index is 1.88. The van der Waals surface area contributed by atoms with Crippen LogP contribution < -0.4 is 15.5 Å². The van der Waals surface area contributed by atoms with E-state index < -0.39 is 0 Å². The number of hydrogen-bond acceptors (Lipinski definition) is 3. The molecule has 1 aromatic heterocycles. The highest BCUT2D eigenvalue weighted by atomic mass is 15.2. The third-order valence-corrected chi connectivity index (χ3v) is 3.30. The number of anilines is 1. The fourth-order valence-electron chi connectivity index (χ4n) is 2.12. The molecule has 0 radical (unpaired) electrons. The molecule has 20 heavy (non-hydrogen) atoms. The molecule has 0 bridgehead atoms. The van der Waals surface area contributed by atoms with Gasteiger partial charge in [-0.3, -0.25) is 4.99 Å². The van der Waals surface area contributed by atoms with Crippen molar-refractivity contribution in [1.29, 1.82) is 0 Å². The van der Waals surface area contributed by atoms with E-state index in [1.54, 1.807) is 7.05 Å². The van der Waals surface area contributed by atoms with E-state index in [2.05, 4.69) is 38.8 Å². The lowest BCUT2D eigenvalue weighted by Crippen LogP contribution is -2.42. The number of rotatable bonds is 4. The highest BCUT2D eigenvalue weighted by Crippen LogP contribution is 2.10. The van der Waals surface area contributed by atoms with Gasteiger partial charge in [-0.1, -0.05) is 12.2 Å². The van der Waals surface area contributed by atoms with Crippen molar-refractivity contribution in [3.63, 3.8) is 0 Å². The lowest BCUT2D eigenvalue weighted by atomic mass is 10.2. The average molecular weight is 273 g/mol. The summed E-state index contributed by atoms with van der Waals surface area (Å²) in [6, 6.07) is 4.57. The number of pyridine rings is 1. The van der Waals surface area contributed by atoms with Crippen molar-refractivity contribution >= 4 is 11.8 Å². The molecule has 2 rings (SSSR count). The van der Waals surface area contributed by atoms with E-state index >= 15 is 0 Å². The molecule has 5 nitrogen and oxygen atoms in total. The molecular formula is C15H23N5. The largest absolute Gasteiger partial charge is 0.363 e. The van der Waals surface area contributed by atoms with Crippen LogP contribution in [-0.2, 0) is 6.54 Å². The Kier molecular flexibility index (Phi) is 4.98. The number of nitrogens with zero attached hydrogens (tertiary/aromatic N) is 3. The van der Waals surface area contributed by atoms with Gasteiger partial charge < -0.3 is 15.5 Å². The molecule has 1 aliphatic carbocycles. The van der Waals surface area contributed by atoms with Crippen molar-refractivity contribution < 1.29 is 0 Å². The van der Waals surface area contributed by atoms with E-state index in [1.807, 2.05) is 31.3 Å². The van der Waals surface area contributed by atoms with Gasteiger partial charge in [-0.25, -0.2) is 4.98 Å². The van der Waals surface area contributed by atoms with Gasteiger partial charge in [0.25, 0.3) is 0 Å². The fourth-order valence-corrected chi connectivity index (χ4v) is 2.12. The van der Waals surface area contributed by atoms with Crippen LogP contribution >= 0.6 is 0 Å². The van der Waals surface area contributed by atoms with Gasteiger partial charge in [-0.05, 0) is 30.5 Å². The Morgan fingerprint density at radius 1 is 1.40 bits per heavy atom. The van der Waals surface area contributed by atoms with Crippen molar-refractivity contribution in [3.05, 3.63) is 36.0 Å². The zero-order valence-corrected chi connectivity index (χ0v) is 12.4. The number of aliphatic imine (C=N–C) groups is 1. The first-order valence-corrected chi connectivity index (χ1v) is 6.93. The fraction of sp³-hybridized carbons (Fsp3) is 0.467. The van der Waals surface area contributed by atoms with Crippen LogP contribution in [-0.4, -0.2) is 38.1 Å². The Morgan fingerprint density at radius 3 is 2.80 bits per heavy atom. The van der Waals surface area contributed by atoms with Crippen molar-refractivity contribution in [2.75, 3.05) is 26.0 Å². The van der Waals surface area contributed by atoms with E-state index in [4.69, 9.17) is 0 Å². The minimum absolute atomic E-state index is 0.468. The Morgan fingerprint density at radius 2 is 2.15 bits per heavy atom. The van der Waals surface area contributed by atoms with Gasteiger partial charge in [-0.2, -0.15) is 0 Å². The molecule has 5 heteroatoms. The van der Waals surface area contributed by atoms with E-state index in [0.717, 1.165) is 31.2 Å². The number of guanidine groups is 1. The zero-order valence-electron chi connectivity index (χ0n) is 12.4. The van der Waals surface area contributed by atoms with Gasteiger partial charge in [0.15, 0.2) is 5.96 Å². The molecule has 1 aliphatic rings. The lowest BCUT2D eigenvalue weighted by Gasteiger charge is -2.17. The summed E-state index contributed by atoms with van der Waals surface area (Å²) in [6.07, 6.45) is 8.39. The van der Waals surface area contributed by atoms with Crippen LogP contribution in [0.15, 0.2) is 35.5 Å². The summed E-state index contributed by atoms with van der Waals surface area (Å²) in [5.74, 6) is 1.81. The van der Waals surface area contributed by atoms with Crippen LogP contribution in [0.4, 0.5) is 5.82 Å². The molecule has 0 aliphatic heterocycles. The predicted octanol–water partition coefficient (Wildman–Crippen LogP) is 1.53. The van der Waals surface area contributed by atoms with Crippen molar-refractivity contribution in [3.8, 4) is 0 Å². The molecule has 108 valence electrons. The minimum Gasteiger partial charge on any atom is -0.363 e. The smallest absolute Gasteiger partial charge is 0.191 e. The molecule has 0 fully saturated rings. The van der Waals surface area contributed by atoms with Gasteiger partial charge in [0.2, 0.25) is 0 Å². The van der Waals surface area contributed by atoms with E-state index in [0.29, 0.717) is 6.04 Å². The minimum atomic E-state index is 0.468. The number of aromatic nitrogens is 1. The summed E-state index contributed by atoms with van der Waals surface area (Å²) in [6.45, 7) is 0.739. The first-order valence-electron chi connectivity index (χ1n) is 6.93. The molecular weight excluding hydrogens is 250 g/mol. The third kappa shape index (κ3) is 3.98.